The van der Waals surface area contributed by atoms with E-state index in [0.29, 0.717) is 19.3 Å². The summed E-state index contributed by atoms with van der Waals surface area (Å²) < 4.78 is 40.9. The Morgan fingerprint density at radius 3 is 1.60 bits per heavy atom. The van der Waals surface area contributed by atoms with E-state index in [1.807, 2.05) is 20.8 Å². The average molecular weight is 1140 g/mol. The number of carbonyl (C=O) groups is 1. The summed E-state index contributed by atoms with van der Waals surface area (Å²) in [6, 6.07) is 0. The van der Waals surface area contributed by atoms with Crippen LogP contribution in [0.4, 0.5) is 0 Å². The first-order valence-corrected chi connectivity index (χ1v) is 34.2. The van der Waals surface area contributed by atoms with Crippen molar-refractivity contribution in [1.82, 2.24) is 0 Å². The fourth-order valence-electron chi connectivity index (χ4n) is 15.5. The van der Waals surface area contributed by atoms with E-state index in [1.54, 1.807) is 6.92 Å². The number of quaternary nitrogens is 1. The third-order valence-electron chi connectivity index (χ3n) is 21.0. The second kappa shape index (κ2) is 35.6. The Hall–Kier alpha value is -0.930. The highest BCUT2D eigenvalue weighted by molar-refractivity contribution is 5.70. The molecule has 0 aliphatic carbocycles. The maximum absolute atomic E-state index is 11.8. The average Bonchev–Trinajstić information content (AvgIpc) is 4.16. The van der Waals surface area contributed by atoms with Gasteiger partial charge in [0.15, 0.2) is 11.6 Å². The summed E-state index contributed by atoms with van der Waals surface area (Å²) in [4.78, 5) is 11.8. The summed E-state index contributed by atoms with van der Waals surface area (Å²) in [5, 5.41) is 41.8. The van der Waals surface area contributed by atoms with E-state index in [-0.39, 0.29) is 54.0 Å². The molecule has 0 bridgehead atoms. The van der Waals surface area contributed by atoms with Gasteiger partial charge < -0.3 is 53.3 Å². The highest BCUT2D eigenvalue weighted by Crippen LogP contribution is 2.55. The van der Waals surface area contributed by atoms with Crippen LogP contribution in [0.25, 0.3) is 0 Å². The maximum atomic E-state index is 11.8. The second-order valence-corrected chi connectivity index (χ2v) is 27.6. The standard InChI is InChI=1S/C36H62O11.C32H68N/c1-10-34(31-20(3)16-26(43-31)28-19(2)15-21(4)36(41,18-37)46-28)12-11-27(44-34)33(8)13-14-35(47-33)17-25(38)22(5)30(45-35)23(6)29(42-9)24(7)32(39)40;1-5-9-13-17-21-25-29-33(30-26-22-18-14-10-6-2,31-27-23-19-15-11-7-3)32-28-24-20-16-12-8-4/h19-31,37-38,41H,10-18H2,1-9H3,(H,39,40);5-32H2,1-4H3/q;+1/t19-,20-,21+,22+,23-,24-,25-,26+,27+,28-,29+,30-,31+,33-,34-,35+,36-;/m0./s1. The molecule has 80 heavy (non-hydrogen) atoms. The van der Waals surface area contributed by atoms with Gasteiger partial charge in [-0.2, -0.15) is 0 Å². The van der Waals surface area contributed by atoms with Gasteiger partial charge in [0, 0.05) is 37.7 Å². The number of nitrogens with zero attached hydrogens (tertiary/aromatic N) is 1. The molecular weight excluding hydrogens is 1010 g/mol. The first-order valence-electron chi connectivity index (χ1n) is 34.2. The summed E-state index contributed by atoms with van der Waals surface area (Å²) in [5.41, 5.74) is -1.15. The molecule has 1 spiro atoms. The molecule has 0 radical (unpaired) electrons. The number of methoxy groups -OCH3 is 1. The van der Waals surface area contributed by atoms with Gasteiger partial charge >= 0.3 is 5.97 Å². The van der Waals surface area contributed by atoms with Crippen molar-refractivity contribution in [3.05, 3.63) is 0 Å². The van der Waals surface area contributed by atoms with Crippen molar-refractivity contribution < 1.29 is 58.1 Å². The van der Waals surface area contributed by atoms with Crippen molar-refractivity contribution in [3.63, 3.8) is 0 Å². The smallest absolute Gasteiger partial charge is 0.308 e. The van der Waals surface area contributed by atoms with E-state index in [4.69, 9.17) is 28.4 Å². The van der Waals surface area contributed by atoms with Crippen LogP contribution in [-0.4, -0.2) is 136 Å². The van der Waals surface area contributed by atoms with Gasteiger partial charge in [-0.3, -0.25) is 4.79 Å². The van der Waals surface area contributed by atoms with Crippen molar-refractivity contribution >= 4 is 5.97 Å². The number of rotatable bonds is 38. The van der Waals surface area contributed by atoms with Gasteiger partial charge in [-0.1, -0.05) is 172 Å². The van der Waals surface area contributed by atoms with Crippen molar-refractivity contribution in [3.8, 4) is 0 Å². The molecule has 12 nitrogen and oxygen atoms in total. The number of aliphatic hydroxyl groups excluding tert-OH is 2. The van der Waals surface area contributed by atoms with E-state index >= 15 is 0 Å². The van der Waals surface area contributed by atoms with E-state index in [9.17, 15) is 25.2 Å². The molecular formula is C68H130NO11+. The molecule has 5 fully saturated rings. The minimum Gasteiger partial charge on any atom is -0.481 e. The van der Waals surface area contributed by atoms with Crippen LogP contribution in [0.2, 0.25) is 0 Å². The molecule has 0 aromatic heterocycles. The molecule has 5 heterocycles. The Kier molecular flexibility index (Phi) is 31.9. The lowest BCUT2D eigenvalue weighted by molar-refractivity contribution is -0.929. The molecule has 12 heteroatoms. The Balaban J connectivity index is 0.000000370. The van der Waals surface area contributed by atoms with Crippen molar-refractivity contribution in [1.29, 1.82) is 0 Å². The van der Waals surface area contributed by atoms with Crippen molar-refractivity contribution in [2.75, 3.05) is 39.9 Å². The number of aliphatic hydroxyl groups is 3. The lowest BCUT2D eigenvalue weighted by Crippen LogP contribution is -2.57. The lowest BCUT2D eigenvalue weighted by Gasteiger charge is -2.49. The predicted molar refractivity (Wildman–Crippen MR) is 326 cm³/mol. The number of carboxylic acids is 1. The Morgan fingerprint density at radius 2 is 1.15 bits per heavy atom. The number of hydrogen-bond acceptors (Lipinski definition) is 10. The second-order valence-electron chi connectivity index (χ2n) is 27.6. The molecule has 5 aliphatic heterocycles. The Bertz CT molecular complexity index is 1600. The highest BCUT2D eigenvalue weighted by Gasteiger charge is 2.62. The molecule has 472 valence electrons. The van der Waals surface area contributed by atoms with Crippen LogP contribution in [0.15, 0.2) is 0 Å². The first kappa shape index (κ1) is 71.6. The molecule has 0 aromatic carbocycles. The van der Waals surface area contributed by atoms with Crippen molar-refractivity contribution in [2.24, 2.45) is 35.5 Å². The molecule has 0 aromatic rings. The van der Waals surface area contributed by atoms with Gasteiger partial charge in [-0.15, -0.1) is 0 Å². The number of ether oxygens (including phenoxy) is 6. The number of unbranched alkanes of at least 4 members (excludes halogenated alkanes) is 20. The monoisotopic (exact) mass is 1140 g/mol. The summed E-state index contributed by atoms with van der Waals surface area (Å²) in [7, 11) is 1.52. The lowest BCUT2D eigenvalue weighted by atomic mass is 9.78. The van der Waals surface area contributed by atoms with Crippen LogP contribution in [0.5, 0.6) is 0 Å². The molecule has 17 atom stereocenters. The minimum atomic E-state index is -1.56. The van der Waals surface area contributed by atoms with Gasteiger partial charge in [-0.05, 0) is 116 Å². The quantitative estimate of drug-likeness (QED) is 0.0345. The third kappa shape index (κ3) is 20.3. The molecule has 0 saturated carbocycles. The summed E-state index contributed by atoms with van der Waals surface area (Å²) in [5.74, 6) is -4.52. The maximum Gasteiger partial charge on any atom is 0.308 e. The zero-order valence-electron chi connectivity index (χ0n) is 54.3. The van der Waals surface area contributed by atoms with E-state index in [2.05, 4.69) is 55.4 Å². The van der Waals surface area contributed by atoms with Gasteiger partial charge in [0.1, 0.15) is 0 Å². The van der Waals surface area contributed by atoms with Crippen LogP contribution in [0, 0.1) is 35.5 Å². The largest absolute Gasteiger partial charge is 0.481 e. The molecule has 0 unspecified atom stereocenters. The first-order chi connectivity index (χ1) is 38.2. The third-order valence-corrected chi connectivity index (χ3v) is 21.0. The van der Waals surface area contributed by atoms with Crippen LogP contribution in [0.1, 0.15) is 289 Å². The van der Waals surface area contributed by atoms with Crippen LogP contribution < -0.4 is 0 Å². The normalized spacial score (nSPS) is 34.9. The SMILES string of the molecule is CCCCCCCC[N+](CCCCCCCC)(CCCCCCCC)CCCCCCCC.CC[C@@]1([C@@H]2O[C@@H]([C@H]3O[C@@](O)(CO)[C@H](C)C[C@@H]3C)C[C@@H]2C)CC[C@H]([C@]2(C)CC[C@]3(C[C@H](O)[C@@H](C)[C@@H]([C@@H](C)[C@@H](OC)[C@H](C)C(=O)O)O3)O2)O1. The number of aliphatic carboxylic acids is 1. The van der Waals surface area contributed by atoms with E-state index in [0.717, 1.165) is 32.1 Å². The van der Waals surface area contributed by atoms with Crippen LogP contribution in [-0.2, 0) is 33.2 Å². The highest BCUT2D eigenvalue weighted by atomic mass is 16.7. The summed E-state index contributed by atoms with van der Waals surface area (Å²) in [6.45, 7) is 30.8. The van der Waals surface area contributed by atoms with Gasteiger partial charge in [-0.25, -0.2) is 0 Å². The Labute approximate surface area is 491 Å². The van der Waals surface area contributed by atoms with Gasteiger partial charge in [0.25, 0.3) is 0 Å². The Morgan fingerprint density at radius 1 is 0.662 bits per heavy atom. The molecule has 5 aliphatic rings. The fraction of sp³-hybridized carbons (Fsp3) is 0.985. The van der Waals surface area contributed by atoms with Crippen LogP contribution >= 0.6 is 0 Å². The summed E-state index contributed by atoms with van der Waals surface area (Å²) >= 11 is 0. The van der Waals surface area contributed by atoms with Crippen LogP contribution in [0.3, 0.4) is 0 Å². The minimum absolute atomic E-state index is 0.153. The number of hydrogen-bond donors (Lipinski definition) is 4. The topological polar surface area (TPSA) is 153 Å². The number of carboxylic acid groups (broad SMARTS) is 1. The fourth-order valence-corrected chi connectivity index (χ4v) is 15.5. The predicted octanol–water partition coefficient (Wildman–Crippen LogP) is 15.5. The zero-order valence-corrected chi connectivity index (χ0v) is 54.3. The molecule has 5 rings (SSSR count). The van der Waals surface area contributed by atoms with Crippen molar-refractivity contribution in [2.45, 2.75) is 354 Å². The molecule has 0 amide bonds. The van der Waals surface area contributed by atoms with E-state index < -0.39 is 59.6 Å². The zero-order chi connectivity index (χ0) is 59.0. The molecule has 4 N–H and O–H groups in total. The van der Waals surface area contributed by atoms with Gasteiger partial charge in [0.2, 0.25) is 0 Å². The molecule has 5 saturated heterocycles. The summed E-state index contributed by atoms with van der Waals surface area (Å²) in [6.07, 6.45) is 37.8. The van der Waals surface area contributed by atoms with E-state index in [1.165, 1.54) is 192 Å². The van der Waals surface area contributed by atoms with Gasteiger partial charge in [0.05, 0.1) is 92.6 Å².